The maximum absolute atomic E-state index is 11.3. The van der Waals surface area contributed by atoms with Crippen molar-refractivity contribution in [1.82, 2.24) is 0 Å². The van der Waals surface area contributed by atoms with E-state index in [9.17, 15) is 10.2 Å². The molecule has 2 atom stereocenters. The van der Waals surface area contributed by atoms with Gasteiger partial charge in [0.25, 0.3) is 0 Å². The molecule has 0 fully saturated rings. The predicted molar refractivity (Wildman–Crippen MR) is 101 cm³/mol. The van der Waals surface area contributed by atoms with Gasteiger partial charge in [-0.05, 0) is 12.8 Å². The Morgan fingerprint density at radius 2 is 1.04 bits per heavy atom. The van der Waals surface area contributed by atoms with Gasteiger partial charge in [-0.3, -0.25) is 0 Å². The van der Waals surface area contributed by atoms with Crippen molar-refractivity contribution >= 4 is 0 Å². The van der Waals surface area contributed by atoms with Crippen molar-refractivity contribution in [3.63, 3.8) is 0 Å². The molecule has 0 aliphatic carbocycles. The number of rotatable bonds is 10. The van der Waals surface area contributed by atoms with E-state index in [1.807, 2.05) is 60.7 Å². The van der Waals surface area contributed by atoms with E-state index in [2.05, 4.69) is 13.8 Å². The molecule has 2 unspecified atom stereocenters. The molecule has 0 bridgehead atoms. The van der Waals surface area contributed by atoms with Crippen molar-refractivity contribution in [2.75, 3.05) is 0 Å². The summed E-state index contributed by atoms with van der Waals surface area (Å²) in [7, 11) is 0. The summed E-state index contributed by atoms with van der Waals surface area (Å²) in [4.78, 5) is 0. The first-order valence-electron chi connectivity index (χ1n) is 9.30. The minimum atomic E-state index is -1.52. The highest BCUT2D eigenvalue weighted by molar-refractivity contribution is 5.23. The molecular formula is C22H30O3. The minimum absolute atomic E-state index is 0.439. The Bertz CT molecular complexity index is 558. The average Bonchev–Trinajstić information content (AvgIpc) is 2.66. The summed E-state index contributed by atoms with van der Waals surface area (Å²) < 4.78 is 6.11. The highest BCUT2D eigenvalue weighted by Crippen LogP contribution is 2.39. The molecule has 3 nitrogen and oxygen atoms in total. The average molecular weight is 342 g/mol. The summed E-state index contributed by atoms with van der Waals surface area (Å²) in [6.45, 7) is 4.15. The Labute approximate surface area is 151 Å². The minimum Gasteiger partial charge on any atom is -0.362 e. The van der Waals surface area contributed by atoms with Crippen LogP contribution in [0, 0.1) is 0 Å². The largest absolute Gasteiger partial charge is 0.362 e. The van der Waals surface area contributed by atoms with E-state index in [0.29, 0.717) is 24.0 Å². The van der Waals surface area contributed by atoms with Crippen LogP contribution >= 0.6 is 0 Å². The molecule has 0 amide bonds. The summed E-state index contributed by atoms with van der Waals surface area (Å²) >= 11 is 0. The van der Waals surface area contributed by atoms with Gasteiger partial charge >= 0.3 is 0 Å². The Morgan fingerprint density at radius 3 is 1.36 bits per heavy atom. The zero-order valence-electron chi connectivity index (χ0n) is 15.3. The molecule has 0 saturated heterocycles. The molecule has 0 aliphatic rings. The van der Waals surface area contributed by atoms with Crippen LogP contribution in [0.25, 0.3) is 0 Å². The fourth-order valence-electron chi connectivity index (χ4n) is 3.02. The van der Waals surface area contributed by atoms with Crippen LogP contribution in [0.4, 0.5) is 0 Å². The normalized spacial score (nSPS) is 16.2. The van der Waals surface area contributed by atoms with Gasteiger partial charge in [-0.15, -0.1) is 0 Å². The molecule has 0 aliphatic heterocycles. The van der Waals surface area contributed by atoms with Crippen LogP contribution in [0.1, 0.15) is 63.5 Å². The van der Waals surface area contributed by atoms with Crippen molar-refractivity contribution in [2.24, 2.45) is 0 Å². The Hall–Kier alpha value is -1.68. The molecule has 0 spiro atoms. The van der Waals surface area contributed by atoms with E-state index in [-0.39, 0.29) is 0 Å². The summed E-state index contributed by atoms with van der Waals surface area (Å²) in [5.74, 6) is -3.04. The standard InChI is InChI=1S/C22H30O3/c1-3-5-17-21(23,19-13-9-7-10-14-19)25-22(24,18-6-4-2)20-15-11-8-12-16-20/h7-16,23-24H,3-6,17-18H2,1-2H3. The second-order valence-electron chi connectivity index (χ2n) is 6.61. The molecule has 0 radical (unpaired) electrons. The van der Waals surface area contributed by atoms with Gasteiger partial charge in [-0.2, -0.15) is 0 Å². The molecule has 0 heterocycles. The number of hydrogen-bond donors (Lipinski definition) is 2. The molecule has 3 heteroatoms. The Balaban J connectivity index is 2.38. The Kier molecular flexibility index (Phi) is 7.18. The molecule has 2 rings (SSSR count). The van der Waals surface area contributed by atoms with Gasteiger partial charge in [0.15, 0.2) is 11.6 Å². The molecule has 0 saturated carbocycles. The third-order valence-corrected chi connectivity index (χ3v) is 4.53. The predicted octanol–water partition coefficient (Wildman–Crippen LogP) is 5.07. The quantitative estimate of drug-likeness (QED) is 0.592. The SMILES string of the molecule is CCCCC(O)(OC(O)(CCCC)c1ccccc1)c1ccccc1. The monoisotopic (exact) mass is 342 g/mol. The third-order valence-electron chi connectivity index (χ3n) is 4.53. The zero-order valence-corrected chi connectivity index (χ0v) is 15.3. The molecule has 2 N–H and O–H groups in total. The lowest BCUT2D eigenvalue weighted by atomic mass is 9.95. The van der Waals surface area contributed by atoms with E-state index in [0.717, 1.165) is 25.7 Å². The van der Waals surface area contributed by atoms with E-state index >= 15 is 0 Å². The maximum Gasteiger partial charge on any atom is 0.195 e. The van der Waals surface area contributed by atoms with Crippen molar-refractivity contribution in [1.29, 1.82) is 0 Å². The fraction of sp³-hybridized carbons (Fsp3) is 0.455. The topological polar surface area (TPSA) is 49.7 Å². The van der Waals surface area contributed by atoms with Gasteiger partial charge < -0.3 is 14.9 Å². The lowest BCUT2D eigenvalue weighted by Gasteiger charge is -2.39. The summed E-state index contributed by atoms with van der Waals surface area (Å²) in [5, 5.41) is 22.7. The van der Waals surface area contributed by atoms with Gasteiger partial charge in [0, 0.05) is 24.0 Å². The lowest BCUT2D eigenvalue weighted by molar-refractivity contribution is -0.354. The first kappa shape index (κ1) is 19.6. The first-order chi connectivity index (χ1) is 12.0. The van der Waals surface area contributed by atoms with E-state index < -0.39 is 11.6 Å². The summed E-state index contributed by atoms with van der Waals surface area (Å²) in [6.07, 6.45) is 4.38. The lowest BCUT2D eigenvalue weighted by Crippen LogP contribution is -2.41. The molecular weight excluding hydrogens is 312 g/mol. The number of ether oxygens (including phenoxy) is 1. The number of unbranched alkanes of at least 4 members (excludes halogenated alkanes) is 2. The molecule has 2 aromatic rings. The first-order valence-corrected chi connectivity index (χ1v) is 9.30. The third kappa shape index (κ3) is 5.15. The van der Waals surface area contributed by atoms with Gasteiger partial charge in [-0.1, -0.05) is 87.4 Å². The van der Waals surface area contributed by atoms with Gasteiger partial charge in [0.2, 0.25) is 0 Å². The van der Waals surface area contributed by atoms with Gasteiger partial charge in [0.1, 0.15) is 0 Å². The smallest absolute Gasteiger partial charge is 0.195 e. The Morgan fingerprint density at radius 1 is 0.680 bits per heavy atom. The second kappa shape index (κ2) is 9.14. The number of benzene rings is 2. The summed E-state index contributed by atoms with van der Waals surface area (Å²) in [6, 6.07) is 18.7. The maximum atomic E-state index is 11.3. The molecule has 25 heavy (non-hydrogen) atoms. The second-order valence-corrected chi connectivity index (χ2v) is 6.61. The van der Waals surface area contributed by atoms with Crippen molar-refractivity contribution in [3.05, 3.63) is 71.8 Å². The van der Waals surface area contributed by atoms with Crippen molar-refractivity contribution < 1.29 is 14.9 Å². The van der Waals surface area contributed by atoms with E-state index in [1.165, 1.54) is 0 Å². The molecule has 0 aromatic heterocycles. The van der Waals surface area contributed by atoms with E-state index in [1.54, 1.807) is 0 Å². The van der Waals surface area contributed by atoms with Crippen LogP contribution < -0.4 is 0 Å². The molecule has 2 aromatic carbocycles. The fourth-order valence-corrected chi connectivity index (χ4v) is 3.02. The van der Waals surface area contributed by atoms with Gasteiger partial charge in [-0.25, -0.2) is 0 Å². The van der Waals surface area contributed by atoms with Crippen LogP contribution in [0.2, 0.25) is 0 Å². The van der Waals surface area contributed by atoms with Gasteiger partial charge in [0.05, 0.1) is 0 Å². The van der Waals surface area contributed by atoms with Crippen LogP contribution in [-0.2, 0) is 16.3 Å². The highest BCUT2D eigenvalue weighted by atomic mass is 16.7. The van der Waals surface area contributed by atoms with Crippen molar-refractivity contribution in [3.8, 4) is 0 Å². The van der Waals surface area contributed by atoms with Crippen LogP contribution in [0.3, 0.4) is 0 Å². The zero-order chi connectivity index (χ0) is 18.2. The van der Waals surface area contributed by atoms with Crippen LogP contribution in [0.15, 0.2) is 60.7 Å². The summed E-state index contributed by atoms with van der Waals surface area (Å²) in [5.41, 5.74) is 1.35. The number of hydrogen-bond acceptors (Lipinski definition) is 3. The van der Waals surface area contributed by atoms with Crippen molar-refractivity contribution in [2.45, 2.75) is 63.9 Å². The highest BCUT2D eigenvalue weighted by Gasteiger charge is 2.41. The number of aliphatic hydroxyl groups is 2. The van der Waals surface area contributed by atoms with Crippen LogP contribution in [0.5, 0.6) is 0 Å². The van der Waals surface area contributed by atoms with E-state index in [4.69, 9.17) is 4.74 Å². The van der Waals surface area contributed by atoms with Crippen LogP contribution in [-0.4, -0.2) is 10.2 Å². The molecule has 136 valence electrons.